The minimum Gasteiger partial charge on any atom is -0.459 e. The van der Waals surface area contributed by atoms with E-state index in [1.165, 1.54) is 6.07 Å². The summed E-state index contributed by atoms with van der Waals surface area (Å²) in [6.07, 6.45) is -1.13. The molecule has 2 atom stereocenters. The Balaban J connectivity index is 2.01. The van der Waals surface area contributed by atoms with Gasteiger partial charge in [-0.25, -0.2) is 13.6 Å². The molecule has 2 aromatic rings. The lowest BCUT2D eigenvalue weighted by Gasteiger charge is -2.21. The van der Waals surface area contributed by atoms with Gasteiger partial charge in [0.05, 0.1) is 11.7 Å². The molecule has 0 aromatic heterocycles. The van der Waals surface area contributed by atoms with Crippen molar-refractivity contribution in [3.63, 3.8) is 0 Å². The van der Waals surface area contributed by atoms with Gasteiger partial charge in [-0.15, -0.1) is 0 Å². The van der Waals surface area contributed by atoms with Gasteiger partial charge >= 0.3 is 5.97 Å². The van der Waals surface area contributed by atoms with Gasteiger partial charge in [-0.3, -0.25) is 0 Å². The molecular weight excluding hydrogens is 304 g/mol. The van der Waals surface area contributed by atoms with Gasteiger partial charge in [-0.1, -0.05) is 24.3 Å². The van der Waals surface area contributed by atoms with Crippen LogP contribution < -0.4 is 5.73 Å². The van der Waals surface area contributed by atoms with E-state index in [4.69, 9.17) is 10.5 Å². The number of carbonyl (C=O) groups is 1. The van der Waals surface area contributed by atoms with Crippen molar-refractivity contribution in [3.05, 3.63) is 71.3 Å². The predicted molar refractivity (Wildman–Crippen MR) is 80.9 cm³/mol. The van der Waals surface area contributed by atoms with E-state index in [-0.39, 0.29) is 13.2 Å². The molecule has 0 aliphatic heterocycles. The van der Waals surface area contributed by atoms with Crippen LogP contribution in [-0.4, -0.2) is 30.3 Å². The fraction of sp³-hybridized carbons (Fsp3) is 0.235. The average Bonchev–Trinajstić information content (AvgIpc) is 2.57. The number of aliphatic hydroxyl groups excluding tert-OH is 1. The van der Waals surface area contributed by atoms with Crippen molar-refractivity contribution in [1.82, 2.24) is 0 Å². The molecule has 6 heteroatoms. The monoisotopic (exact) mass is 321 g/mol. The molecule has 0 radical (unpaired) electrons. The summed E-state index contributed by atoms with van der Waals surface area (Å²) in [5, 5.41) is 10.1. The molecule has 4 nitrogen and oxygen atoms in total. The third kappa shape index (κ3) is 4.34. The molecule has 0 heterocycles. The Labute approximate surface area is 132 Å². The molecular formula is C17H17F2NO3. The third-order valence-corrected chi connectivity index (χ3v) is 3.48. The second-order valence-electron chi connectivity index (χ2n) is 5.05. The van der Waals surface area contributed by atoms with Crippen LogP contribution in [0.4, 0.5) is 8.78 Å². The SMILES string of the molecule is NCC(c1ccc(F)c(F)c1)C(O)COC(=O)c1ccccc1. The standard InChI is InChI=1S/C17H17F2NO3/c18-14-7-6-12(8-15(14)19)13(9-20)16(21)10-23-17(22)11-4-2-1-3-5-11/h1-8,13,16,21H,9-10,20H2. The Kier molecular flexibility index (Phi) is 5.78. The van der Waals surface area contributed by atoms with E-state index in [0.717, 1.165) is 12.1 Å². The summed E-state index contributed by atoms with van der Waals surface area (Å²) in [5.41, 5.74) is 6.30. The van der Waals surface area contributed by atoms with Crippen LogP contribution in [0.15, 0.2) is 48.5 Å². The first-order valence-electron chi connectivity index (χ1n) is 7.08. The van der Waals surface area contributed by atoms with Gasteiger partial charge in [0.15, 0.2) is 11.6 Å². The first kappa shape index (κ1) is 17.1. The zero-order chi connectivity index (χ0) is 16.8. The Morgan fingerprint density at radius 1 is 1.13 bits per heavy atom. The molecule has 122 valence electrons. The molecule has 2 aromatic carbocycles. The van der Waals surface area contributed by atoms with Gasteiger partial charge in [0, 0.05) is 12.5 Å². The van der Waals surface area contributed by atoms with Gasteiger partial charge in [-0.05, 0) is 29.8 Å². The van der Waals surface area contributed by atoms with Crippen LogP contribution >= 0.6 is 0 Å². The number of hydrogen-bond acceptors (Lipinski definition) is 4. The number of rotatable bonds is 6. The number of esters is 1. The number of aliphatic hydroxyl groups is 1. The summed E-state index contributed by atoms with van der Waals surface area (Å²) in [5.74, 6) is -3.25. The molecule has 0 bridgehead atoms. The average molecular weight is 321 g/mol. The second-order valence-corrected chi connectivity index (χ2v) is 5.05. The quantitative estimate of drug-likeness (QED) is 0.800. The molecule has 2 unspecified atom stereocenters. The highest BCUT2D eigenvalue weighted by molar-refractivity contribution is 5.89. The van der Waals surface area contributed by atoms with Crippen molar-refractivity contribution >= 4 is 5.97 Å². The fourth-order valence-corrected chi connectivity index (χ4v) is 2.19. The van der Waals surface area contributed by atoms with E-state index >= 15 is 0 Å². The van der Waals surface area contributed by atoms with Crippen LogP contribution in [0.25, 0.3) is 0 Å². The van der Waals surface area contributed by atoms with Crippen LogP contribution in [0.5, 0.6) is 0 Å². The summed E-state index contributed by atoms with van der Waals surface area (Å²) in [6, 6.07) is 11.6. The normalized spacial score (nSPS) is 13.4. The highest BCUT2D eigenvalue weighted by atomic mass is 19.2. The van der Waals surface area contributed by atoms with E-state index in [1.807, 2.05) is 0 Å². The van der Waals surface area contributed by atoms with E-state index in [0.29, 0.717) is 11.1 Å². The van der Waals surface area contributed by atoms with E-state index < -0.39 is 29.6 Å². The van der Waals surface area contributed by atoms with Gasteiger partial charge < -0.3 is 15.6 Å². The van der Waals surface area contributed by atoms with Crippen LogP contribution in [0.2, 0.25) is 0 Å². The highest BCUT2D eigenvalue weighted by Gasteiger charge is 2.23. The molecule has 0 fully saturated rings. The molecule has 2 rings (SSSR count). The third-order valence-electron chi connectivity index (χ3n) is 3.48. The zero-order valence-electron chi connectivity index (χ0n) is 12.3. The number of ether oxygens (including phenoxy) is 1. The Hall–Kier alpha value is -2.31. The first-order chi connectivity index (χ1) is 11.0. The fourth-order valence-electron chi connectivity index (χ4n) is 2.19. The molecule has 0 saturated heterocycles. The van der Waals surface area contributed by atoms with E-state index in [2.05, 4.69) is 0 Å². The molecule has 0 amide bonds. The lowest BCUT2D eigenvalue weighted by Crippen LogP contribution is -2.31. The van der Waals surface area contributed by atoms with Crippen LogP contribution in [0.1, 0.15) is 21.8 Å². The maximum atomic E-state index is 13.3. The van der Waals surface area contributed by atoms with Crippen molar-refractivity contribution in [1.29, 1.82) is 0 Å². The van der Waals surface area contributed by atoms with Crippen LogP contribution in [-0.2, 0) is 4.74 Å². The van der Waals surface area contributed by atoms with Crippen LogP contribution in [0.3, 0.4) is 0 Å². The van der Waals surface area contributed by atoms with E-state index in [9.17, 15) is 18.7 Å². The first-order valence-corrected chi connectivity index (χ1v) is 7.08. The second kappa shape index (κ2) is 7.80. The molecule has 23 heavy (non-hydrogen) atoms. The highest BCUT2D eigenvalue weighted by Crippen LogP contribution is 2.21. The molecule has 0 aliphatic rings. The Bertz CT molecular complexity index is 664. The largest absolute Gasteiger partial charge is 0.459 e. The topological polar surface area (TPSA) is 72.6 Å². The van der Waals surface area contributed by atoms with Gasteiger partial charge in [-0.2, -0.15) is 0 Å². The molecule has 3 N–H and O–H groups in total. The number of nitrogens with two attached hydrogens (primary N) is 1. The summed E-state index contributed by atoms with van der Waals surface area (Å²) in [7, 11) is 0. The maximum absolute atomic E-state index is 13.3. The van der Waals surface area contributed by atoms with E-state index in [1.54, 1.807) is 30.3 Å². The molecule has 0 aliphatic carbocycles. The number of halogens is 2. The van der Waals surface area contributed by atoms with Gasteiger partial charge in [0.25, 0.3) is 0 Å². The van der Waals surface area contributed by atoms with Gasteiger partial charge in [0.2, 0.25) is 0 Å². The maximum Gasteiger partial charge on any atom is 0.338 e. The van der Waals surface area contributed by atoms with Crippen molar-refractivity contribution in [2.24, 2.45) is 5.73 Å². The number of benzene rings is 2. The van der Waals surface area contributed by atoms with Crippen molar-refractivity contribution in [3.8, 4) is 0 Å². The smallest absolute Gasteiger partial charge is 0.338 e. The summed E-state index contributed by atoms with van der Waals surface area (Å²) >= 11 is 0. The predicted octanol–water partition coefficient (Wildman–Crippen LogP) is 2.23. The van der Waals surface area contributed by atoms with Crippen LogP contribution in [0, 0.1) is 11.6 Å². The number of hydrogen-bond donors (Lipinski definition) is 2. The molecule has 0 spiro atoms. The summed E-state index contributed by atoms with van der Waals surface area (Å²) in [6.45, 7) is -0.302. The minimum absolute atomic E-state index is 0.00483. The minimum atomic E-state index is -1.13. The van der Waals surface area contributed by atoms with Gasteiger partial charge in [0.1, 0.15) is 6.61 Å². The summed E-state index contributed by atoms with van der Waals surface area (Å²) < 4.78 is 31.3. The lowest BCUT2D eigenvalue weighted by atomic mass is 9.93. The summed E-state index contributed by atoms with van der Waals surface area (Å²) in [4.78, 5) is 11.8. The van der Waals surface area contributed by atoms with Crippen molar-refractivity contribution in [2.75, 3.05) is 13.2 Å². The molecule has 0 saturated carbocycles. The van der Waals surface area contributed by atoms with Crippen molar-refractivity contribution < 1.29 is 23.4 Å². The zero-order valence-corrected chi connectivity index (χ0v) is 12.3. The Morgan fingerprint density at radius 3 is 2.43 bits per heavy atom. The number of carbonyl (C=O) groups excluding carboxylic acids is 1. The lowest BCUT2D eigenvalue weighted by molar-refractivity contribution is 0.0194. The van der Waals surface area contributed by atoms with Crippen molar-refractivity contribution in [2.45, 2.75) is 12.0 Å². The Morgan fingerprint density at radius 2 is 1.83 bits per heavy atom.